The molecule has 1 aromatic carbocycles. The van der Waals surface area contributed by atoms with Crippen molar-refractivity contribution in [1.29, 1.82) is 0 Å². The van der Waals surface area contributed by atoms with Crippen LogP contribution in [-0.4, -0.2) is 25.2 Å². The van der Waals surface area contributed by atoms with Crippen molar-refractivity contribution in [2.75, 3.05) is 10.5 Å². The Bertz CT molecular complexity index is 581. The summed E-state index contributed by atoms with van der Waals surface area (Å²) in [6.07, 6.45) is 1.71. The van der Waals surface area contributed by atoms with Crippen molar-refractivity contribution in [3.8, 4) is 0 Å². The van der Waals surface area contributed by atoms with Gasteiger partial charge in [0.1, 0.15) is 11.4 Å². The highest BCUT2D eigenvalue weighted by molar-refractivity contribution is 7.92. The topological polar surface area (TPSA) is 83.5 Å². The second-order valence-electron chi connectivity index (χ2n) is 4.29. The molecule has 0 radical (unpaired) electrons. The standard InChI is InChI=1S/C11H12FNO4S/c12-8-2-1-3-9(10(8)11(14)15)13-18(16,17)6-7-4-5-7/h1-3,7,13H,4-6H2,(H,14,15). The van der Waals surface area contributed by atoms with E-state index in [1.807, 2.05) is 0 Å². The van der Waals surface area contributed by atoms with Crippen LogP contribution in [0, 0.1) is 11.7 Å². The first-order chi connectivity index (χ1) is 8.39. The lowest BCUT2D eigenvalue weighted by atomic mass is 10.2. The number of nitrogens with one attached hydrogen (secondary N) is 1. The summed E-state index contributed by atoms with van der Waals surface area (Å²) in [5.74, 6) is -2.39. The zero-order valence-electron chi connectivity index (χ0n) is 9.39. The van der Waals surface area contributed by atoms with E-state index in [4.69, 9.17) is 5.11 Å². The van der Waals surface area contributed by atoms with Crippen molar-refractivity contribution in [2.45, 2.75) is 12.8 Å². The Morgan fingerprint density at radius 2 is 2.11 bits per heavy atom. The molecule has 1 aliphatic rings. The Labute approximate surface area is 104 Å². The van der Waals surface area contributed by atoms with Crippen molar-refractivity contribution in [3.63, 3.8) is 0 Å². The predicted molar refractivity (Wildman–Crippen MR) is 63.5 cm³/mol. The molecule has 18 heavy (non-hydrogen) atoms. The molecule has 1 aromatic rings. The number of halogens is 1. The average Bonchev–Trinajstić information content (AvgIpc) is 2.99. The van der Waals surface area contributed by atoms with Gasteiger partial charge in [0.15, 0.2) is 0 Å². The summed E-state index contributed by atoms with van der Waals surface area (Å²) in [4.78, 5) is 10.9. The van der Waals surface area contributed by atoms with E-state index in [9.17, 15) is 17.6 Å². The number of anilines is 1. The fourth-order valence-electron chi connectivity index (χ4n) is 1.63. The van der Waals surface area contributed by atoms with E-state index in [-0.39, 0.29) is 17.4 Å². The Kier molecular flexibility index (Phi) is 3.25. The third-order valence-corrected chi connectivity index (χ3v) is 4.09. The number of sulfonamides is 1. The first kappa shape index (κ1) is 12.8. The highest BCUT2D eigenvalue weighted by Gasteiger charge is 2.29. The van der Waals surface area contributed by atoms with Crippen LogP contribution >= 0.6 is 0 Å². The summed E-state index contributed by atoms with van der Waals surface area (Å²) in [6, 6.07) is 3.47. The number of carboxylic acids is 1. The van der Waals surface area contributed by atoms with E-state index in [2.05, 4.69) is 4.72 Å². The van der Waals surface area contributed by atoms with E-state index in [0.717, 1.165) is 18.9 Å². The summed E-state index contributed by atoms with van der Waals surface area (Å²) in [6.45, 7) is 0. The van der Waals surface area contributed by atoms with E-state index in [0.29, 0.717) is 0 Å². The van der Waals surface area contributed by atoms with Crippen LogP contribution in [0.5, 0.6) is 0 Å². The van der Waals surface area contributed by atoms with Gasteiger partial charge < -0.3 is 5.11 Å². The number of benzene rings is 1. The molecule has 0 amide bonds. The summed E-state index contributed by atoms with van der Waals surface area (Å²) in [5, 5.41) is 8.86. The van der Waals surface area contributed by atoms with E-state index in [1.54, 1.807) is 0 Å². The van der Waals surface area contributed by atoms with Crippen molar-refractivity contribution >= 4 is 21.7 Å². The zero-order chi connectivity index (χ0) is 13.3. The summed E-state index contributed by atoms with van der Waals surface area (Å²) < 4.78 is 38.9. The number of hydrogen-bond donors (Lipinski definition) is 2. The third kappa shape index (κ3) is 2.98. The smallest absolute Gasteiger partial charge is 0.340 e. The fourth-order valence-corrected chi connectivity index (χ4v) is 3.17. The van der Waals surface area contributed by atoms with E-state index >= 15 is 0 Å². The van der Waals surface area contributed by atoms with Gasteiger partial charge in [0.05, 0.1) is 11.4 Å². The molecule has 0 bridgehead atoms. The van der Waals surface area contributed by atoms with Gasteiger partial charge in [0.2, 0.25) is 10.0 Å². The van der Waals surface area contributed by atoms with Crippen LogP contribution in [-0.2, 0) is 10.0 Å². The Balaban J connectivity index is 2.28. The molecule has 5 nitrogen and oxygen atoms in total. The molecule has 0 atom stereocenters. The van der Waals surface area contributed by atoms with Gasteiger partial charge in [-0.15, -0.1) is 0 Å². The van der Waals surface area contributed by atoms with Crippen molar-refractivity contribution < 1.29 is 22.7 Å². The lowest BCUT2D eigenvalue weighted by molar-refractivity contribution is 0.0693. The number of aromatic carboxylic acids is 1. The maximum atomic E-state index is 13.3. The van der Waals surface area contributed by atoms with Gasteiger partial charge in [-0.2, -0.15) is 0 Å². The van der Waals surface area contributed by atoms with Crippen LogP contribution < -0.4 is 4.72 Å². The van der Waals surface area contributed by atoms with E-state index in [1.165, 1.54) is 12.1 Å². The van der Waals surface area contributed by atoms with Crippen LogP contribution in [0.2, 0.25) is 0 Å². The molecule has 98 valence electrons. The zero-order valence-corrected chi connectivity index (χ0v) is 10.2. The van der Waals surface area contributed by atoms with Crippen LogP contribution in [0.3, 0.4) is 0 Å². The van der Waals surface area contributed by atoms with Crippen molar-refractivity contribution in [1.82, 2.24) is 0 Å². The normalized spacial score (nSPS) is 15.4. The molecule has 2 rings (SSSR count). The first-order valence-electron chi connectivity index (χ1n) is 5.41. The fraction of sp³-hybridized carbons (Fsp3) is 0.364. The predicted octanol–water partition coefficient (Wildman–Crippen LogP) is 1.68. The minimum Gasteiger partial charge on any atom is -0.478 e. The maximum Gasteiger partial charge on any atom is 0.340 e. The molecule has 7 heteroatoms. The van der Waals surface area contributed by atoms with Gasteiger partial charge >= 0.3 is 5.97 Å². The maximum absolute atomic E-state index is 13.3. The van der Waals surface area contributed by atoms with Gasteiger partial charge in [0.25, 0.3) is 0 Å². The average molecular weight is 273 g/mol. The molecule has 1 aliphatic carbocycles. The number of hydrogen-bond acceptors (Lipinski definition) is 3. The molecular formula is C11H12FNO4S. The van der Waals surface area contributed by atoms with Gasteiger partial charge in [-0.1, -0.05) is 6.07 Å². The Morgan fingerprint density at radius 3 is 2.67 bits per heavy atom. The number of rotatable bonds is 5. The number of carboxylic acid groups (broad SMARTS) is 1. The second-order valence-corrected chi connectivity index (χ2v) is 6.06. The van der Waals surface area contributed by atoms with Gasteiger partial charge in [-0.25, -0.2) is 17.6 Å². The highest BCUT2D eigenvalue weighted by atomic mass is 32.2. The third-order valence-electron chi connectivity index (χ3n) is 2.64. The molecule has 0 saturated heterocycles. The molecule has 0 spiro atoms. The number of carbonyl (C=O) groups is 1. The molecule has 2 N–H and O–H groups in total. The highest BCUT2D eigenvalue weighted by Crippen LogP contribution is 2.31. The van der Waals surface area contributed by atoms with Crippen LogP contribution in [0.1, 0.15) is 23.2 Å². The van der Waals surface area contributed by atoms with Crippen LogP contribution in [0.25, 0.3) is 0 Å². The second kappa shape index (κ2) is 4.56. The lowest BCUT2D eigenvalue weighted by Gasteiger charge is -2.10. The van der Waals surface area contributed by atoms with Crippen LogP contribution in [0.4, 0.5) is 10.1 Å². The quantitative estimate of drug-likeness (QED) is 0.854. The molecule has 0 aliphatic heterocycles. The monoisotopic (exact) mass is 273 g/mol. The lowest BCUT2D eigenvalue weighted by Crippen LogP contribution is -2.20. The molecule has 0 aromatic heterocycles. The Hall–Kier alpha value is -1.63. The van der Waals surface area contributed by atoms with Gasteiger partial charge in [-0.3, -0.25) is 4.72 Å². The minimum absolute atomic E-state index is 0.0530. The molecular weight excluding hydrogens is 261 g/mol. The SMILES string of the molecule is O=C(O)c1c(F)cccc1NS(=O)(=O)CC1CC1. The van der Waals surface area contributed by atoms with Crippen LogP contribution in [0.15, 0.2) is 18.2 Å². The van der Waals surface area contributed by atoms with Gasteiger partial charge in [0, 0.05) is 0 Å². The molecule has 0 unspecified atom stereocenters. The first-order valence-corrected chi connectivity index (χ1v) is 7.06. The minimum atomic E-state index is -3.62. The van der Waals surface area contributed by atoms with Crippen molar-refractivity contribution in [3.05, 3.63) is 29.6 Å². The van der Waals surface area contributed by atoms with Crippen molar-refractivity contribution in [2.24, 2.45) is 5.92 Å². The summed E-state index contributed by atoms with van der Waals surface area (Å²) in [7, 11) is -3.62. The van der Waals surface area contributed by atoms with Gasteiger partial charge in [-0.05, 0) is 30.9 Å². The molecule has 1 saturated carbocycles. The summed E-state index contributed by atoms with van der Waals surface area (Å²) >= 11 is 0. The largest absolute Gasteiger partial charge is 0.478 e. The summed E-state index contributed by atoms with van der Waals surface area (Å²) in [5.41, 5.74) is -0.889. The van der Waals surface area contributed by atoms with E-state index < -0.39 is 27.4 Å². The molecule has 0 heterocycles. The molecule has 1 fully saturated rings. The Morgan fingerprint density at radius 1 is 1.44 bits per heavy atom.